The average Bonchev–Trinajstić information content (AvgIpc) is 3.60. The summed E-state index contributed by atoms with van der Waals surface area (Å²) in [5.74, 6) is -2.20. The highest BCUT2D eigenvalue weighted by molar-refractivity contribution is 7.87. The lowest BCUT2D eigenvalue weighted by Gasteiger charge is -2.21. The highest BCUT2D eigenvalue weighted by Gasteiger charge is 2.31. The van der Waals surface area contributed by atoms with Gasteiger partial charge in [0, 0.05) is 11.8 Å². The maximum atomic E-state index is 13.4. The van der Waals surface area contributed by atoms with E-state index in [0.717, 1.165) is 16.1 Å². The zero-order chi connectivity index (χ0) is 27.1. The number of nitrogens with zero attached hydrogens (tertiary/aromatic N) is 1. The molecule has 1 aliphatic rings. The predicted molar refractivity (Wildman–Crippen MR) is 142 cm³/mol. The van der Waals surface area contributed by atoms with Crippen LogP contribution in [0.4, 0.5) is 5.69 Å². The van der Waals surface area contributed by atoms with Crippen molar-refractivity contribution in [3.05, 3.63) is 94.1 Å². The van der Waals surface area contributed by atoms with Gasteiger partial charge >= 0.3 is 16.3 Å². The molecule has 200 valence electrons. The van der Waals surface area contributed by atoms with Gasteiger partial charge < -0.3 is 14.8 Å². The van der Waals surface area contributed by atoms with E-state index < -0.39 is 34.1 Å². The molecule has 0 spiro atoms. The lowest BCUT2D eigenvalue weighted by atomic mass is 9.97. The summed E-state index contributed by atoms with van der Waals surface area (Å²) in [6.07, 6.45) is 4.55. The highest BCUT2D eigenvalue weighted by atomic mass is 32.2. The quantitative estimate of drug-likeness (QED) is 0.184. The normalized spacial score (nSPS) is 16.3. The topological polar surface area (TPSA) is 144 Å². The molecular formula is C26H27N3O7S2. The number of thiazole rings is 1. The number of rotatable bonds is 11. The molecule has 1 unspecified atom stereocenters. The molecule has 0 saturated heterocycles. The van der Waals surface area contributed by atoms with E-state index in [2.05, 4.69) is 5.32 Å². The Balaban J connectivity index is 1.57. The zero-order valence-electron chi connectivity index (χ0n) is 20.4. The monoisotopic (exact) mass is 557 g/mol. The molecule has 38 heavy (non-hydrogen) atoms. The number of aromatic nitrogens is 1. The Kier molecular flexibility index (Phi) is 8.77. The van der Waals surface area contributed by atoms with E-state index in [1.54, 1.807) is 18.4 Å². The molecule has 1 aromatic heterocycles. The smallest absolute Gasteiger partial charge is 0.357 e. The number of esters is 1. The fourth-order valence-corrected chi connectivity index (χ4v) is 5.38. The number of carbonyl (C=O) groups is 2. The number of nitrogens with one attached hydrogen (secondary N) is 2. The number of methoxy groups -OCH3 is 1. The Morgan fingerprint density at radius 3 is 2.47 bits per heavy atom. The third kappa shape index (κ3) is 7.40. The number of hydrogen-bond donors (Lipinski definition) is 3. The number of ether oxygens (including phenoxy) is 2. The van der Waals surface area contributed by atoms with E-state index in [1.165, 1.54) is 30.6 Å². The summed E-state index contributed by atoms with van der Waals surface area (Å²) in [6.45, 7) is 0. The summed E-state index contributed by atoms with van der Waals surface area (Å²) in [5, 5.41) is 5.59. The minimum absolute atomic E-state index is 0.173. The first-order valence-electron chi connectivity index (χ1n) is 11.7. The van der Waals surface area contributed by atoms with E-state index in [1.807, 2.05) is 46.5 Å². The molecule has 2 heterocycles. The van der Waals surface area contributed by atoms with Gasteiger partial charge in [-0.3, -0.25) is 18.9 Å². The summed E-state index contributed by atoms with van der Waals surface area (Å²) < 4.78 is 43.7. The number of carbonyl (C=O) groups excluding carboxylic acids is 2. The van der Waals surface area contributed by atoms with Crippen LogP contribution in [0.1, 0.15) is 40.4 Å². The SMILES string of the molecule is COC(=O)[C@@H](Cc1ccccc1)C(=O)N[C@@H](Cc1ccc(NS(=O)(=O)O)cc1)c1csc(C2CC=CO2)n1. The van der Waals surface area contributed by atoms with Crippen molar-refractivity contribution in [2.75, 3.05) is 11.8 Å². The van der Waals surface area contributed by atoms with Gasteiger partial charge in [-0.05, 0) is 42.2 Å². The van der Waals surface area contributed by atoms with E-state index in [9.17, 15) is 18.0 Å². The van der Waals surface area contributed by atoms with Crippen LogP contribution < -0.4 is 10.0 Å². The molecule has 10 nitrogen and oxygen atoms in total. The molecule has 0 radical (unpaired) electrons. The maximum absolute atomic E-state index is 13.4. The third-order valence-electron chi connectivity index (χ3n) is 5.90. The van der Waals surface area contributed by atoms with Gasteiger partial charge in [0.1, 0.15) is 10.9 Å². The first kappa shape index (κ1) is 27.3. The average molecular weight is 558 g/mol. The van der Waals surface area contributed by atoms with Crippen molar-refractivity contribution in [3.63, 3.8) is 0 Å². The lowest BCUT2D eigenvalue weighted by Crippen LogP contribution is -2.40. The zero-order valence-corrected chi connectivity index (χ0v) is 22.1. The molecule has 0 fully saturated rings. The van der Waals surface area contributed by atoms with Crippen LogP contribution in [0, 0.1) is 5.92 Å². The lowest BCUT2D eigenvalue weighted by molar-refractivity contribution is -0.150. The van der Waals surface area contributed by atoms with Crippen molar-refractivity contribution in [2.24, 2.45) is 5.92 Å². The van der Waals surface area contributed by atoms with Crippen LogP contribution in [-0.4, -0.2) is 36.9 Å². The molecular weight excluding hydrogens is 530 g/mol. The Morgan fingerprint density at radius 2 is 1.84 bits per heavy atom. The minimum Gasteiger partial charge on any atom is -0.491 e. The molecule has 12 heteroatoms. The molecule has 0 saturated carbocycles. The van der Waals surface area contributed by atoms with Crippen LogP contribution in [0.5, 0.6) is 0 Å². The van der Waals surface area contributed by atoms with Crippen molar-refractivity contribution in [1.29, 1.82) is 0 Å². The van der Waals surface area contributed by atoms with Gasteiger partial charge in [0.15, 0.2) is 6.10 Å². The molecule has 3 N–H and O–H groups in total. The summed E-state index contributed by atoms with van der Waals surface area (Å²) in [4.78, 5) is 30.7. The van der Waals surface area contributed by atoms with E-state index in [-0.39, 0.29) is 18.2 Å². The van der Waals surface area contributed by atoms with Gasteiger partial charge in [-0.1, -0.05) is 42.5 Å². The van der Waals surface area contributed by atoms with Gasteiger partial charge in [-0.15, -0.1) is 11.3 Å². The van der Waals surface area contributed by atoms with Crippen LogP contribution in [0.2, 0.25) is 0 Å². The van der Waals surface area contributed by atoms with Crippen molar-refractivity contribution >= 4 is 39.2 Å². The molecule has 0 aliphatic carbocycles. The number of hydrogen-bond acceptors (Lipinski definition) is 8. The van der Waals surface area contributed by atoms with Crippen molar-refractivity contribution < 1.29 is 32.0 Å². The minimum atomic E-state index is -4.40. The Bertz CT molecular complexity index is 1380. The molecule has 3 atom stereocenters. The van der Waals surface area contributed by atoms with Gasteiger partial charge in [0.2, 0.25) is 5.91 Å². The van der Waals surface area contributed by atoms with Crippen molar-refractivity contribution in [2.45, 2.75) is 31.4 Å². The van der Waals surface area contributed by atoms with E-state index in [0.29, 0.717) is 18.5 Å². The second kappa shape index (κ2) is 12.2. The largest absolute Gasteiger partial charge is 0.491 e. The number of anilines is 1. The van der Waals surface area contributed by atoms with E-state index in [4.69, 9.17) is 19.0 Å². The molecule has 0 bridgehead atoms. The van der Waals surface area contributed by atoms with Crippen LogP contribution >= 0.6 is 11.3 Å². The van der Waals surface area contributed by atoms with Gasteiger partial charge in [0.25, 0.3) is 0 Å². The van der Waals surface area contributed by atoms with Gasteiger partial charge in [0.05, 0.1) is 30.8 Å². The first-order chi connectivity index (χ1) is 18.2. The summed E-state index contributed by atoms with van der Waals surface area (Å²) in [6, 6.07) is 15.0. The summed E-state index contributed by atoms with van der Waals surface area (Å²) in [7, 11) is -3.15. The predicted octanol–water partition coefficient (Wildman–Crippen LogP) is 3.76. The van der Waals surface area contributed by atoms with Crippen molar-refractivity contribution in [1.82, 2.24) is 10.3 Å². The van der Waals surface area contributed by atoms with Crippen LogP contribution in [0.3, 0.4) is 0 Å². The summed E-state index contributed by atoms with van der Waals surface area (Å²) in [5.41, 5.74) is 2.38. The third-order valence-corrected chi connectivity index (χ3v) is 7.35. The van der Waals surface area contributed by atoms with Crippen LogP contribution in [-0.2, 0) is 42.2 Å². The Hall–Kier alpha value is -3.74. The van der Waals surface area contributed by atoms with Crippen molar-refractivity contribution in [3.8, 4) is 0 Å². The highest BCUT2D eigenvalue weighted by Crippen LogP contribution is 2.31. The number of benzene rings is 2. The summed E-state index contributed by atoms with van der Waals surface area (Å²) >= 11 is 1.42. The Labute approximate surface area is 224 Å². The second-order valence-electron chi connectivity index (χ2n) is 8.65. The van der Waals surface area contributed by atoms with Gasteiger partial charge in [-0.2, -0.15) is 8.42 Å². The van der Waals surface area contributed by atoms with E-state index >= 15 is 0 Å². The molecule has 4 rings (SSSR count). The number of amides is 1. The second-order valence-corrected chi connectivity index (χ2v) is 10.7. The maximum Gasteiger partial charge on any atom is 0.357 e. The molecule has 1 aliphatic heterocycles. The Morgan fingerprint density at radius 1 is 1.13 bits per heavy atom. The molecule has 3 aromatic rings. The standard InChI is InChI=1S/C26H27N3O7S2/c1-35-26(31)20(14-17-6-3-2-4-7-17)24(30)27-21(22-16-37-25(28-22)23-8-5-13-36-23)15-18-9-11-19(12-10-18)29-38(32,33)34/h2-7,9-13,16,20-21,23,29H,8,14-15H2,1H3,(H,27,30)(H,32,33,34)/t20-,21-,23?/m0/s1. The molecule has 2 aromatic carbocycles. The van der Waals surface area contributed by atoms with Crippen LogP contribution in [0.25, 0.3) is 0 Å². The fourth-order valence-electron chi connectivity index (χ4n) is 4.02. The van der Waals surface area contributed by atoms with Crippen LogP contribution in [0.15, 0.2) is 72.3 Å². The first-order valence-corrected chi connectivity index (χ1v) is 14.1. The van der Waals surface area contributed by atoms with Gasteiger partial charge in [-0.25, -0.2) is 4.98 Å². The molecule has 1 amide bonds. The fraction of sp³-hybridized carbons (Fsp3) is 0.269.